The van der Waals surface area contributed by atoms with Crippen LogP contribution in [0.5, 0.6) is 17.4 Å². The van der Waals surface area contributed by atoms with Gasteiger partial charge in [0, 0.05) is 5.39 Å². The molecule has 1 aromatic heterocycles. The molecular formula is C26H25N3O4. The minimum Gasteiger partial charge on any atom is -0.493 e. The Bertz CT molecular complexity index is 1280. The van der Waals surface area contributed by atoms with E-state index in [9.17, 15) is 9.90 Å². The topological polar surface area (TPSA) is 85.4 Å². The number of ether oxygens (including phenoxy) is 2. The van der Waals surface area contributed by atoms with E-state index in [0.717, 1.165) is 22.4 Å². The first-order valence-corrected chi connectivity index (χ1v) is 10.6. The highest BCUT2D eigenvalue weighted by Crippen LogP contribution is 2.38. The predicted octanol–water partition coefficient (Wildman–Crippen LogP) is 5.73. The summed E-state index contributed by atoms with van der Waals surface area (Å²) < 4.78 is 12.9. The van der Waals surface area contributed by atoms with Gasteiger partial charge in [-0.15, -0.1) is 10.2 Å². The monoisotopic (exact) mass is 443 g/mol. The van der Waals surface area contributed by atoms with Crippen LogP contribution in [0.15, 0.2) is 83.0 Å². The van der Waals surface area contributed by atoms with E-state index >= 15 is 0 Å². The lowest BCUT2D eigenvalue weighted by atomic mass is 10.2. The lowest BCUT2D eigenvalue weighted by Crippen LogP contribution is -2.08. The van der Waals surface area contributed by atoms with E-state index in [1.54, 1.807) is 16.7 Å². The highest BCUT2D eigenvalue weighted by molar-refractivity contribution is 5.95. The number of fused-ring (bicyclic) bond motifs is 1. The van der Waals surface area contributed by atoms with Crippen molar-refractivity contribution in [3.8, 4) is 17.4 Å². The Morgan fingerprint density at radius 3 is 2.15 bits per heavy atom. The quantitative estimate of drug-likeness (QED) is 0.352. The number of hydrogen-bond donors (Lipinski definition) is 1. The van der Waals surface area contributed by atoms with Gasteiger partial charge in [-0.25, -0.2) is 0 Å². The Labute approximate surface area is 191 Å². The fraction of sp³-hybridized carbons (Fsp3) is 0.192. The van der Waals surface area contributed by atoms with E-state index in [1.807, 2.05) is 74.5 Å². The van der Waals surface area contributed by atoms with E-state index in [-0.39, 0.29) is 18.2 Å². The van der Waals surface area contributed by atoms with Gasteiger partial charge < -0.3 is 19.1 Å². The lowest BCUT2D eigenvalue weighted by Gasteiger charge is -2.09. The fourth-order valence-electron chi connectivity index (χ4n) is 3.40. The molecule has 33 heavy (non-hydrogen) atoms. The number of carbonyl (C=O) groups excluding carboxylic acids is 1. The van der Waals surface area contributed by atoms with Gasteiger partial charge in [0.25, 0.3) is 0 Å². The molecule has 4 aromatic rings. The van der Waals surface area contributed by atoms with Crippen LogP contribution < -0.4 is 9.47 Å². The van der Waals surface area contributed by atoms with Crippen molar-refractivity contribution in [3.05, 3.63) is 83.9 Å². The molecular weight excluding hydrogens is 418 g/mol. The number of nitrogens with zero attached hydrogens (tertiary/aromatic N) is 3. The van der Waals surface area contributed by atoms with Crippen molar-refractivity contribution in [2.24, 2.45) is 10.2 Å². The summed E-state index contributed by atoms with van der Waals surface area (Å²) >= 11 is 0. The van der Waals surface area contributed by atoms with Crippen LogP contribution in [0.1, 0.15) is 11.1 Å². The molecule has 0 bridgehead atoms. The van der Waals surface area contributed by atoms with Crippen molar-refractivity contribution in [2.75, 3.05) is 13.2 Å². The molecule has 0 fully saturated rings. The summed E-state index contributed by atoms with van der Waals surface area (Å²) in [5.41, 5.74) is 3.28. The van der Waals surface area contributed by atoms with Crippen LogP contribution in [-0.4, -0.2) is 28.8 Å². The molecule has 0 radical (unpaired) electrons. The third-order valence-corrected chi connectivity index (χ3v) is 5.17. The second-order valence-electron chi connectivity index (χ2n) is 7.70. The number of hydrogen-bond acceptors (Lipinski definition) is 5. The molecule has 0 unspecified atom stereocenters. The highest BCUT2D eigenvalue weighted by atomic mass is 16.5. The SMILES string of the molecule is Cc1ccc(OCCn2c(O)c(N=NC(=O)COc3ccc(C)cc3)c3ccccc32)cc1. The lowest BCUT2D eigenvalue weighted by molar-refractivity contribution is -0.120. The first kappa shape index (κ1) is 22.1. The van der Waals surface area contributed by atoms with E-state index < -0.39 is 5.91 Å². The molecule has 0 aliphatic heterocycles. The molecule has 0 saturated carbocycles. The number of para-hydroxylation sites is 1. The predicted molar refractivity (Wildman–Crippen MR) is 126 cm³/mol. The molecule has 1 amide bonds. The van der Waals surface area contributed by atoms with Crippen molar-refractivity contribution >= 4 is 22.5 Å². The smallest absolute Gasteiger partial charge is 0.302 e. The minimum absolute atomic E-state index is 0.0697. The second-order valence-corrected chi connectivity index (χ2v) is 7.70. The average molecular weight is 444 g/mol. The minimum atomic E-state index is -0.547. The van der Waals surface area contributed by atoms with Gasteiger partial charge in [-0.1, -0.05) is 53.6 Å². The van der Waals surface area contributed by atoms with Crippen molar-refractivity contribution in [1.82, 2.24) is 4.57 Å². The Morgan fingerprint density at radius 2 is 1.48 bits per heavy atom. The number of rotatable bonds is 8. The number of amides is 1. The average Bonchev–Trinajstić information content (AvgIpc) is 3.09. The van der Waals surface area contributed by atoms with Crippen molar-refractivity contribution in [2.45, 2.75) is 20.4 Å². The second kappa shape index (κ2) is 9.99. The molecule has 168 valence electrons. The summed E-state index contributed by atoms with van der Waals surface area (Å²) in [4.78, 5) is 12.2. The molecule has 0 spiro atoms. The number of aromatic nitrogens is 1. The molecule has 1 N–H and O–H groups in total. The zero-order valence-corrected chi connectivity index (χ0v) is 18.6. The zero-order valence-electron chi connectivity index (χ0n) is 18.6. The van der Waals surface area contributed by atoms with Crippen LogP contribution in [0.4, 0.5) is 5.69 Å². The van der Waals surface area contributed by atoms with Crippen LogP contribution in [-0.2, 0) is 11.3 Å². The number of aryl methyl sites for hydroxylation is 2. The van der Waals surface area contributed by atoms with Gasteiger partial charge >= 0.3 is 5.91 Å². The molecule has 7 nitrogen and oxygen atoms in total. The van der Waals surface area contributed by atoms with Crippen molar-refractivity contribution in [3.63, 3.8) is 0 Å². The first-order chi connectivity index (χ1) is 16.0. The van der Waals surface area contributed by atoms with E-state index in [1.165, 1.54) is 0 Å². The summed E-state index contributed by atoms with van der Waals surface area (Å²) in [6.45, 7) is 4.51. The summed E-state index contributed by atoms with van der Waals surface area (Å²) in [7, 11) is 0. The summed E-state index contributed by atoms with van der Waals surface area (Å²) in [5.74, 6) is 0.724. The van der Waals surface area contributed by atoms with Crippen LogP contribution in [0, 0.1) is 13.8 Å². The molecule has 4 rings (SSSR count). The van der Waals surface area contributed by atoms with Crippen molar-refractivity contribution < 1.29 is 19.4 Å². The van der Waals surface area contributed by atoms with Crippen LogP contribution in [0.3, 0.4) is 0 Å². The summed E-state index contributed by atoms with van der Waals surface area (Å²) in [5, 5.41) is 19.3. The van der Waals surface area contributed by atoms with Crippen LogP contribution in [0.2, 0.25) is 0 Å². The highest BCUT2D eigenvalue weighted by Gasteiger charge is 2.17. The number of aromatic hydroxyl groups is 1. The number of azo groups is 1. The largest absolute Gasteiger partial charge is 0.493 e. The van der Waals surface area contributed by atoms with Gasteiger partial charge in [0.05, 0.1) is 12.1 Å². The maximum atomic E-state index is 12.2. The molecule has 3 aromatic carbocycles. The van der Waals surface area contributed by atoms with Crippen LogP contribution in [0.25, 0.3) is 10.9 Å². The number of benzene rings is 3. The Balaban J connectivity index is 1.45. The number of carbonyl (C=O) groups is 1. The summed E-state index contributed by atoms with van der Waals surface area (Å²) in [6, 6.07) is 22.6. The third kappa shape index (κ3) is 5.38. The Kier molecular flexibility index (Phi) is 6.69. The molecule has 0 saturated heterocycles. The maximum absolute atomic E-state index is 12.2. The Morgan fingerprint density at radius 1 is 0.879 bits per heavy atom. The van der Waals surface area contributed by atoms with Gasteiger partial charge in [0.15, 0.2) is 12.3 Å². The first-order valence-electron chi connectivity index (χ1n) is 10.6. The maximum Gasteiger partial charge on any atom is 0.302 e. The Hall–Kier alpha value is -4.13. The molecule has 0 aliphatic rings. The van der Waals surface area contributed by atoms with Gasteiger partial charge in [0.2, 0.25) is 5.88 Å². The van der Waals surface area contributed by atoms with Gasteiger partial charge in [-0.05, 0) is 44.2 Å². The normalized spacial score (nSPS) is 11.2. The van der Waals surface area contributed by atoms with Crippen LogP contribution >= 0.6 is 0 Å². The van der Waals surface area contributed by atoms with Crippen molar-refractivity contribution in [1.29, 1.82) is 0 Å². The van der Waals surface area contributed by atoms with Gasteiger partial charge in [0.1, 0.15) is 18.1 Å². The zero-order chi connectivity index (χ0) is 23.2. The van der Waals surface area contributed by atoms with Gasteiger partial charge in [-0.3, -0.25) is 4.79 Å². The standard InChI is InChI=1S/C26H25N3O4/c1-18-7-11-20(12-8-18)32-16-15-29-23-6-4-3-5-22(23)25(26(29)31)28-27-24(30)17-33-21-13-9-19(2)10-14-21/h3-14,31H,15-17H2,1-2H3. The molecule has 7 heteroatoms. The molecule has 0 aliphatic carbocycles. The fourth-order valence-corrected chi connectivity index (χ4v) is 3.40. The third-order valence-electron chi connectivity index (χ3n) is 5.17. The van der Waals surface area contributed by atoms with E-state index in [2.05, 4.69) is 10.2 Å². The van der Waals surface area contributed by atoms with E-state index in [4.69, 9.17) is 9.47 Å². The molecule has 1 heterocycles. The van der Waals surface area contributed by atoms with E-state index in [0.29, 0.717) is 24.3 Å². The van der Waals surface area contributed by atoms with Gasteiger partial charge in [-0.2, -0.15) is 0 Å². The molecule has 0 atom stereocenters. The summed E-state index contributed by atoms with van der Waals surface area (Å²) in [6.07, 6.45) is 0.